The normalized spacial score (nSPS) is 16.1. The first kappa shape index (κ1) is 22.8. The molecule has 1 aliphatic heterocycles. The summed E-state index contributed by atoms with van der Waals surface area (Å²) in [5, 5.41) is 6.23. The Bertz CT molecular complexity index is 1210. The lowest BCUT2D eigenvalue weighted by Gasteiger charge is -2.31. The van der Waals surface area contributed by atoms with Gasteiger partial charge >= 0.3 is 0 Å². The van der Waals surface area contributed by atoms with Crippen molar-refractivity contribution in [3.05, 3.63) is 46.8 Å². The number of aromatic nitrogens is 3. The molecule has 33 heavy (non-hydrogen) atoms. The molecule has 0 aliphatic carbocycles. The van der Waals surface area contributed by atoms with Crippen molar-refractivity contribution in [3.8, 4) is 0 Å². The first-order valence-corrected chi connectivity index (χ1v) is 11.7. The van der Waals surface area contributed by atoms with Gasteiger partial charge in [-0.25, -0.2) is 9.37 Å². The van der Waals surface area contributed by atoms with Gasteiger partial charge in [-0.15, -0.1) is 0 Å². The van der Waals surface area contributed by atoms with E-state index in [9.17, 15) is 18.8 Å². The Hall–Kier alpha value is -3.34. The fourth-order valence-electron chi connectivity index (χ4n) is 3.73. The zero-order valence-corrected chi connectivity index (χ0v) is 19.0. The van der Waals surface area contributed by atoms with Gasteiger partial charge in [0.15, 0.2) is 10.8 Å². The van der Waals surface area contributed by atoms with Gasteiger partial charge in [-0.3, -0.25) is 19.0 Å². The Morgan fingerprint density at radius 1 is 1.27 bits per heavy atom. The molecule has 0 saturated carbocycles. The molecule has 1 atom stereocenters. The third kappa shape index (κ3) is 5.36. The van der Waals surface area contributed by atoms with Gasteiger partial charge in [0.1, 0.15) is 23.4 Å². The minimum Gasteiger partial charge on any atom is -0.356 e. The third-order valence-corrected chi connectivity index (χ3v) is 6.52. The molecular formula is C22H25FN6O3S. The lowest BCUT2D eigenvalue weighted by molar-refractivity contribution is -0.125. The van der Waals surface area contributed by atoms with Crippen LogP contribution in [0.1, 0.15) is 26.2 Å². The summed E-state index contributed by atoms with van der Waals surface area (Å²) in [6.07, 6.45) is 3.88. The molecule has 1 aromatic carbocycles. The molecule has 1 aliphatic rings. The largest absolute Gasteiger partial charge is 0.356 e. The second kappa shape index (κ2) is 10.1. The van der Waals surface area contributed by atoms with Gasteiger partial charge in [-0.05, 0) is 43.5 Å². The zero-order chi connectivity index (χ0) is 23.4. The van der Waals surface area contributed by atoms with Crippen molar-refractivity contribution in [1.29, 1.82) is 0 Å². The van der Waals surface area contributed by atoms with E-state index in [1.807, 2.05) is 11.8 Å². The number of anilines is 2. The maximum absolute atomic E-state index is 13.0. The number of amides is 2. The van der Waals surface area contributed by atoms with Crippen LogP contribution in [0.4, 0.5) is 15.2 Å². The fourth-order valence-corrected chi connectivity index (χ4v) is 4.73. The van der Waals surface area contributed by atoms with Crippen LogP contribution in [0.2, 0.25) is 0 Å². The summed E-state index contributed by atoms with van der Waals surface area (Å²) < 4.78 is 14.6. The summed E-state index contributed by atoms with van der Waals surface area (Å²) in [5.74, 6) is -0.888. The highest BCUT2D eigenvalue weighted by molar-refractivity contribution is 7.22. The fraction of sp³-hybridized carbons (Fsp3) is 0.409. The summed E-state index contributed by atoms with van der Waals surface area (Å²) in [4.78, 5) is 48.4. The summed E-state index contributed by atoms with van der Waals surface area (Å²) in [6.45, 7) is 3.75. The molecule has 0 unspecified atom stereocenters. The van der Waals surface area contributed by atoms with Gasteiger partial charge in [-0.2, -0.15) is 4.98 Å². The molecule has 2 N–H and O–H groups in total. The predicted molar refractivity (Wildman–Crippen MR) is 125 cm³/mol. The molecule has 2 amide bonds. The van der Waals surface area contributed by atoms with Crippen LogP contribution < -0.4 is 21.1 Å². The van der Waals surface area contributed by atoms with Crippen LogP contribution in [-0.4, -0.2) is 46.0 Å². The van der Waals surface area contributed by atoms with Crippen LogP contribution in [0.3, 0.4) is 0 Å². The minimum atomic E-state index is -0.424. The zero-order valence-electron chi connectivity index (χ0n) is 18.2. The van der Waals surface area contributed by atoms with Crippen LogP contribution in [0.5, 0.6) is 0 Å². The highest BCUT2D eigenvalue weighted by Crippen LogP contribution is 2.29. The predicted octanol–water partition coefficient (Wildman–Crippen LogP) is 2.37. The van der Waals surface area contributed by atoms with E-state index in [1.165, 1.54) is 46.5 Å². The van der Waals surface area contributed by atoms with Crippen LogP contribution in [0.15, 0.2) is 35.4 Å². The minimum absolute atomic E-state index is 0.0512. The molecule has 0 bridgehead atoms. The summed E-state index contributed by atoms with van der Waals surface area (Å²) in [6, 6.07) is 5.38. The van der Waals surface area contributed by atoms with Crippen molar-refractivity contribution in [3.63, 3.8) is 0 Å². The van der Waals surface area contributed by atoms with E-state index in [1.54, 1.807) is 0 Å². The Morgan fingerprint density at radius 3 is 2.82 bits per heavy atom. The van der Waals surface area contributed by atoms with Crippen molar-refractivity contribution in [2.45, 2.75) is 32.7 Å². The molecule has 11 heteroatoms. The maximum atomic E-state index is 13.0. The molecule has 4 rings (SSSR count). The molecule has 3 aromatic rings. The number of nitrogens with zero attached hydrogens (tertiary/aromatic N) is 4. The van der Waals surface area contributed by atoms with E-state index in [-0.39, 0.29) is 23.9 Å². The Balaban J connectivity index is 1.47. The number of thiazole rings is 1. The van der Waals surface area contributed by atoms with E-state index in [0.717, 1.165) is 25.8 Å². The van der Waals surface area contributed by atoms with Crippen LogP contribution in [0.25, 0.3) is 10.3 Å². The Labute approximate surface area is 193 Å². The molecule has 174 valence electrons. The number of carbonyl (C=O) groups excluding carboxylic acids is 2. The smallest absolute Gasteiger partial charge is 0.273 e. The number of hydrogen-bond acceptors (Lipinski definition) is 7. The Morgan fingerprint density at radius 2 is 2.06 bits per heavy atom. The molecule has 3 heterocycles. The van der Waals surface area contributed by atoms with Gasteiger partial charge in [-0.1, -0.05) is 18.3 Å². The quantitative estimate of drug-likeness (QED) is 0.547. The average molecular weight is 473 g/mol. The summed E-state index contributed by atoms with van der Waals surface area (Å²) in [5.41, 5.74) is 0.409. The summed E-state index contributed by atoms with van der Waals surface area (Å²) in [7, 11) is 0. The highest BCUT2D eigenvalue weighted by Gasteiger charge is 2.27. The van der Waals surface area contributed by atoms with E-state index in [4.69, 9.17) is 0 Å². The van der Waals surface area contributed by atoms with Crippen molar-refractivity contribution in [1.82, 2.24) is 19.9 Å². The topological polar surface area (TPSA) is 109 Å². The molecule has 1 saturated heterocycles. The number of halogens is 1. The molecule has 0 radical (unpaired) electrons. The molecule has 9 nitrogen and oxygen atoms in total. The first-order chi connectivity index (χ1) is 15.9. The number of hydrogen-bond donors (Lipinski definition) is 2. The molecule has 0 spiro atoms. The molecular weight excluding hydrogens is 447 g/mol. The number of carbonyl (C=O) groups is 2. The van der Waals surface area contributed by atoms with Gasteiger partial charge in [0.05, 0.1) is 5.92 Å². The van der Waals surface area contributed by atoms with Crippen molar-refractivity contribution in [2.24, 2.45) is 5.92 Å². The standard InChI is InChI=1S/C22H25FN6O3S/c1-2-9-24-20(31)14-4-3-10-28(11-14)22-27-19-18(33-22)21(32)29(13-25-19)12-17(30)26-16-7-5-15(23)6-8-16/h5-8,13-14H,2-4,9-12H2,1H3,(H,24,31)(H,26,30)/t14-/m1/s1. The van der Waals surface area contributed by atoms with Gasteiger partial charge < -0.3 is 15.5 Å². The van der Waals surface area contributed by atoms with Crippen LogP contribution in [-0.2, 0) is 16.1 Å². The number of fused-ring (bicyclic) bond motifs is 1. The third-order valence-electron chi connectivity index (χ3n) is 5.43. The second-order valence-electron chi connectivity index (χ2n) is 7.96. The Kier molecular flexibility index (Phi) is 6.97. The maximum Gasteiger partial charge on any atom is 0.273 e. The second-order valence-corrected chi connectivity index (χ2v) is 8.94. The molecule has 1 fully saturated rings. The van der Waals surface area contributed by atoms with Crippen LogP contribution in [0, 0.1) is 11.7 Å². The lowest BCUT2D eigenvalue weighted by atomic mass is 9.97. The lowest BCUT2D eigenvalue weighted by Crippen LogP contribution is -2.43. The van der Waals surface area contributed by atoms with Gasteiger partial charge in [0.25, 0.3) is 5.56 Å². The van der Waals surface area contributed by atoms with E-state index >= 15 is 0 Å². The van der Waals surface area contributed by atoms with Crippen LogP contribution >= 0.6 is 11.3 Å². The summed E-state index contributed by atoms with van der Waals surface area (Å²) >= 11 is 1.22. The number of benzene rings is 1. The SMILES string of the molecule is CCCNC(=O)[C@@H]1CCCN(c2nc3ncn(CC(=O)Nc4ccc(F)cc4)c(=O)c3s2)C1. The van der Waals surface area contributed by atoms with Crippen molar-refractivity contribution >= 4 is 44.3 Å². The van der Waals surface area contributed by atoms with Gasteiger partial charge in [0.2, 0.25) is 11.8 Å². The number of piperidine rings is 1. The van der Waals surface area contributed by atoms with E-state index in [2.05, 4.69) is 20.6 Å². The van der Waals surface area contributed by atoms with Crippen molar-refractivity contribution in [2.75, 3.05) is 29.9 Å². The first-order valence-electron chi connectivity index (χ1n) is 10.9. The number of rotatable bonds is 7. The van der Waals surface area contributed by atoms with Gasteiger partial charge in [0, 0.05) is 25.3 Å². The van der Waals surface area contributed by atoms with Crippen molar-refractivity contribution < 1.29 is 14.0 Å². The molecule has 2 aromatic heterocycles. The average Bonchev–Trinajstić information content (AvgIpc) is 3.26. The van der Waals surface area contributed by atoms with E-state index in [0.29, 0.717) is 34.3 Å². The monoisotopic (exact) mass is 472 g/mol. The highest BCUT2D eigenvalue weighted by atomic mass is 32.1. The van der Waals surface area contributed by atoms with E-state index < -0.39 is 11.7 Å². The number of nitrogens with one attached hydrogen (secondary N) is 2.